The van der Waals surface area contributed by atoms with Crippen molar-refractivity contribution in [3.8, 4) is 0 Å². The van der Waals surface area contributed by atoms with Gasteiger partial charge in [-0.25, -0.2) is 0 Å². The second-order valence-corrected chi connectivity index (χ2v) is 4.97. The monoisotopic (exact) mass is 228 g/mol. The molecular formula is C12H24N2O2. The van der Waals surface area contributed by atoms with E-state index in [1.54, 1.807) is 0 Å². The van der Waals surface area contributed by atoms with Crippen LogP contribution < -0.4 is 10.6 Å². The number of ether oxygens (including phenoxy) is 1. The molecule has 1 amide bonds. The van der Waals surface area contributed by atoms with Crippen molar-refractivity contribution in [1.29, 1.82) is 0 Å². The van der Waals surface area contributed by atoms with E-state index in [1.807, 2.05) is 0 Å². The van der Waals surface area contributed by atoms with E-state index in [9.17, 15) is 4.79 Å². The fourth-order valence-corrected chi connectivity index (χ4v) is 1.76. The lowest BCUT2D eigenvalue weighted by molar-refractivity contribution is -0.120. The highest BCUT2D eigenvalue weighted by atomic mass is 16.5. The van der Waals surface area contributed by atoms with Gasteiger partial charge in [-0.3, -0.25) is 4.79 Å². The summed E-state index contributed by atoms with van der Waals surface area (Å²) in [5.41, 5.74) is 0. The molecule has 0 saturated carbocycles. The molecular weight excluding hydrogens is 204 g/mol. The van der Waals surface area contributed by atoms with E-state index in [-0.39, 0.29) is 12.0 Å². The first-order chi connectivity index (χ1) is 7.58. The molecule has 4 heteroatoms. The summed E-state index contributed by atoms with van der Waals surface area (Å²) in [6.07, 6.45) is 2.89. The zero-order valence-corrected chi connectivity index (χ0v) is 10.6. The van der Waals surface area contributed by atoms with Gasteiger partial charge < -0.3 is 15.4 Å². The number of nitrogens with one attached hydrogen (secondary N) is 2. The van der Waals surface area contributed by atoms with Gasteiger partial charge in [-0.05, 0) is 25.7 Å². The minimum atomic E-state index is 0.0692. The van der Waals surface area contributed by atoms with Gasteiger partial charge in [0.15, 0.2) is 0 Å². The fraction of sp³-hybridized carbons (Fsp3) is 0.917. The molecule has 1 aliphatic rings. The van der Waals surface area contributed by atoms with Crippen molar-refractivity contribution in [2.24, 2.45) is 5.92 Å². The van der Waals surface area contributed by atoms with Gasteiger partial charge in [0.1, 0.15) is 0 Å². The fourth-order valence-electron chi connectivity index (χ4n) is 1.76. The molecule has 4 nitrogen and oxygen atoms in total. The lowest BCUT2D eigenvalue weighted by Crippen LogP contribution is -2.38. The third-order valence-electron chi connectivity index (χ3n) is 2.68. The number of carbonyl (C=O) groups is 1. The number of hydrogen-bond acceptors (Lipinski definition) is 3. The Morgan fingerprint density at radius 1 is 1.44 bits per heavy atom. The van der Waals surface area contributed by atoms with Gasteiger partial charge in [0.05, 0.1) is 18.8 Å². The Morgan fingerprint density at radius 2 is 2.19 bits per heavy atom. The molecule has 1 rings (SSSR count). The summed E-state index contributed by atoms with van der Waals surface area (Å²) in [5.74, 6) is 0.572. The zero-order chi connectivity index (χ0) is 12.0. The van der Waals surface area contributed by atoms with Crippen molar-refractivity contribution >= 4 is 5.91 Å². The first kappa shape index (κ1) is 13.5. The van der Waals surface area contributed by atoms with Crippen LogP contribution in [0.3, 0.4) is 0 Å². The molecule has 0 aromatic carbocycles. The zero-order valence-electron chi connectivity index (χ0n) is 10.6. The average molecular weight is 228 g/mol. The predicted molar refractivity (Wildman–Crippen MR) is 64.3 cm³/mol. The molecule has 0 spiro atoms. The van der Waals surface area contributed by atoms with Crippen LogP contribution in [-0.4, -0.2) is 37.7 Å². The van der Waals surface area contributed by atoms with E-state index in [0.29, 0.717) is 18.6 Å². The third kappa shape index (κ3) is 5.47. The Hall–Kier alpha value is -0.610. The van der Waals surface area contributed by atoms with Crippen LogP contribution >= 0.6 is 0 Å². The third-order valence-corrected chi connectivity index (χ3v) is 2.68. The number of carbonyl (C=O) groups excluding carboxylic acids is 1. The Bertz CT molecular complexity index is 219. The highest BCUT2D eigenvalue weighted by Gasteiger charge is 2.21. The van der Waals surface area contributed by atoms with Crippen LogP contribution in [0.2, 0.25) is 0 Å². The summed E-state index contributed by atoms with van der Waals surface area (Å²) in [6, 6.07) is 0. The van der Waals surface area contributed by atoms with Crippen LogP contribution in [0.1, 0.15) is 33.6 Å². The predicted octanol–water partition coefficient (Wildman–Crippen LogP) is 0.916. The lowest BCUT2D eigenvalue weighted by Gasteiger charge is -2.12. The quantitative estimate of drug-likeness (QED) is 0.710. The highest BCUT2D eigenvalue weighted by Crippen LogP contribution is 2.17. The summed E-state index contributed by atoms with van der Waals surface area (Å²) in [6.45, 7) is 8.18. The van der Waals surface area contributed by atoms with Crippen molar-refractivity contribution in [2.75, 3.05) is 19.6 Å². The van der Waals surface area contributed by atoms with Crippen molar-refractivity contribution in [3.63, 3.8) is 0 Å². The maximum Gasteiger partial charge on any atom is 0.233 e. The maximum absolute atomic E-state index is 11.4. The van der Waals surface area contributed by atoms with Crippen LogP contribution in [0.25, 0.3) is 0 Å². The SMILES string of the molecule is CC(C)CNC(=O)CNCC1CCC(C)O1. The molecule has 16 heavy (non-hydrogen) atoms. The van der Waals surface area contributed by atoms with Crippen molar-refractivity contribution in [3.05, 3.63) is 0 Å². The summed E-state index contributed by atoms with van der Waals surface area (Å²) >= 11 is 0. The molecule has 0 radical (unpaired) electrons. The normalized spacial score (nSPS) is 25.0. The first-order valence-electron chi connectivity index (χ1n) is 6.20. The van der Waals surface area contributed by atoms with E-state index >= 15 is 0 Å². The van der Waals surface area contributed by atoms with E-state index in [0.717, 1.165) is 25.9 Å². The molecule has 1 saturated heterocycles. The van der Waals surface area contributed by atoms with Crippen LogP contribution in [0.15, 0.2) is 0 Å². The van der Waals surface area contributed by atoms with Crippen molar-refractivity contribution in [2.45, 2.75) is 45.8 Å². The number of hydrogen-bond donors (Lipinski definition) is 2. The Balaban J connectivity index is 2.00. The molecule has 1 fully saturated rings. The minimum Gasteiger partial charge on any atom is -0.374 e. The van der Waals surface area contributed by atoms with Crippen LogP contribution in [0, 0.1) is 5.92 Å². The van der Waals surface area contributed by atoms with Crippen molar-refractivity contribution in [1.82, 2.24) is 10.6 Å². The van der Waals surface area contributed by atoms with E-state index in [1.165, 1.54) is 0 Å². The molecule has 0 aromatic heterocycles. The smallest absolute Gasteiger partial charge is 0.233 e. The Morgan fingerprint density at radius 3 is 2.75 bits per heavy atom. The molecule has 0 aromatic rings. The highest BCUT2D eigenvalue weighted by molar-refractivity contribution is 5.77. The van der Waals surface area contributed by atoms with Crippen LogP contribution in [0.5, 0.6) is 0 Å². The van der Waals surface area contributed by atoms with Crippen molar-refractivity contribution < 1.29 is 9.53 Å². The van der Waals surface area contributed by atoms with Gasteiger partial charge in [-0.15, -0.1) is 0 Å². The minimum absolute atomic E-state index is 0.0692. The molecule has 2 unspecified atom stereocenters. The number of rotatable bonds is 6. The molecule has 2 atom stereocenters. The van der Waals surface area contributed by atoms with E-state index in [4.69, 9.17) is 4.74 Å². The molecule has 1 aliphatic heterocycles. The standard InChI is InChI=1S/C12H24N2O2/c1-9(2)6-14-12(15)8-13-7-11-5-4-10(3)16-11/h9-11,13H,4-8H2,1-3H3,(H,14,15). The van der Waals surface area contributed by atoms with Gasteiger partial charge in [0.2, 0.25) is 5.91 Å². The molecule has 0 bridgehead atoms. The Kier molecular flexibility index (Phi) is 5.77. The summed E-state index contributed by atoms with van der Waals surface area (Å²) < 4.78 is 5.65. The van der Waals surface area contributed by atoms with Gasteiger partial charge in [0.25, 0.3) is 0 Å². The lowest BCUT2D eigenvalue weighted by atomic mass is 10.2. The molecule has 0 aliphatic carbocycles. The summed E-state index contributed by atoms with van der Waals surface area (Å²) in [7, 11) is 0. The molecule has 2 N–H and O–H groups in total. The summed E-state index contributed by atoms with van der Waals surface area (Å²) in [5, 5.41) is 6.01. The van der Waals surface area contributed by atoms with E-state index < -0.39 is 0 Å². The van der Waals surface area contributed by atoms with E-state index in [2.05, 4.69) is 31.4 Å². The largest absolute Gasteiger partial charge is 0.374 e. The van der Waals surface area contributed by atoms with Gasteiger partial charge in [-0.2, -0.15) is 0 Å². The van der Waals surface area contributed by atoms with Gasteiger partial charge in [-0.1, -0.05) is 13.8 Å². The topological polar surface area (TPSA) is 50.4 Å². The van der Waals surface area contributed by atoms with Crippen LogP contribution in [0.4, 0.5) is 0 Å². The average Bonchev–Trinajstić information content (AvgIpc) is 2.61. The first-order valence-corrected chi connectivity index (χ1v) is 6.20. The second kappa shape index (κ2) is 6.86. The molecule has 94 valence electrons. The number of amides is 1. The molecule has 1 heterocycles. The Labute approximate surface area is 98.1 Å². The second-order valence-electron chi connectivity index (χ2n) is 4.97. The van der Waals surface area contributed by atoms with Crippen LogP contribution in [-0.2, 0) is 9.53 Å². The summed E-state index contributed by atoms with van der Waals surface area (Å²) in [4.78, 5) is 11.4. The van der Waals surface area contributed by atoms with Gasteiger partial charge in [0, 0.05) is 13.1 Å². The van der Waals surface area contributed by atoms with Gasteiger partial charge >= 0.3 is 0 Å². The maximum atomic E-state index is 11.4.